The van der Waals surface area contributed by atoms with Gasteiger partial charge in [0.1, 0.15) is 11.8 Å². The van der Waals surface area contributed by atoms with Gasteiger partial charge in [-0.15, -0.1) is 0 Å². The largest absolute Gasteiger partial charge is 0.484 e. The van der Waals surface area contributed by atoms with Crippen molar-refractivity contribution in [1.82, 2.24) is 4.98 Å². The van der Waals surface area contributed by atoms with Crippen molar-refractivity contribution in [2.75, 3.05) is 0 Å². The van der Waals surface area contributed by atoms with Crippen LogP contribution in [0.5, 0.6) is 5.75 Å². The van der Waals surface area contributed by atoms with Crippen LogP contribution in [0, 0.1) is 12.7 Å². The van der Waals surface area contributed by atoms with Gasteiger partial charge < -0.3 is 4.74 Å². The van der Waals surface area contributed by atoms with Crippen molar-refractivity contribution in [3.63, 3.8) is 0 Å². The summed E-state index contributed by atoms with van der Waals surface area (Å²) in [5, 5.41) is 0.399. The topological polar surface area (TPSA) is 22.1 Å². The third-order valence-corrected chi connectivity index (χ3v) is 2.52. The molecule has 0 N–H and O–H groups in total. The first-order chi connectivity index (χ1) is 8.16. The summed E-state index contributed by atoms with van der Waals surface area (Å²) in [6, 6.07) is 10.3. The molecule has 1 aromatic carbocycles. The van der Waals surface area contributed by atoms with Gasteiger partial charge in [-0.3, -0.25) is 0 Å². The Morgan fingerprint density at radius 2 is 2.00 bits per heavy atom. The van der Waals surface area contributed by atoms with E-state index in [0.717, 1.165) is 0 Å². The zero-order chi connectivity index (χ0) is 12.3. The maximum absolute atomic E-state index is 13.6. The lowest BCUT2D eigenvalue weighted by atomic mass is 10.2. The van der Waals surface area contributed by atoms with Crippen LogP contribution in [0.4, 0.5) is 4.39 Å². The molecule has 2 rings (SSSR count). The van der Waals surface area contributed by atoms with Crippen LogP contribution in [0.25, 0.3) is 0 Å². The number of ether oxygens (including phenoxy) is 1. The summed E-state index contributed by atoms with van der Waals surface area (Å²) in [5.41, 5.74) is 1.22. The number of nitrogens with zero attached hydrogens (tertiary/aromatic N) is 1. The lowest BCUT2D eigenvalue weighted by molar-refractivity contribution is 0.285. The quantitative estimate of drug-likeness (QED) is 0.775. The number of aromatic nitrogens is 1. The third kappa shape index (κ3) is 2.94. The second-order valence-corrected chi connectivity index (χ2v) is 4.01. The van der Waals surface area contributed by atoms with E-state index < -0.39 is 0 Å². The van der Waals surface area contributed by atoms with Crippen molar-refractivity contribution in [3.05, 3.63) is 58.6 Å². The number of benzene rings is 1. The third-order valence-electron chi connectivity index (χ3n) is 2.30. The van der Waals surface area contributed by atoms with Gasteiger partial charge in [-0.05, 0) is 30.7 Å². The molecular formula is C13H11ClFNO. The van der Waals surface area contributed by atoms with Gasteiger partial charge in [-0.25, -0.2) is 9.37 Å². The summed E-state index contributed by atoms with van der Waals surface area (Å²) < 4.78 is 19.0. The van der Waals surface area contributed by atoms with E-state index in [1.54, 1.807) is 43.3 Å². The van der Waals surface area contributed by atoms with Crippen LogP contribution in [0.3, 0.4) is 0 Å². The molecule has 2 aromatic rings. The number of aryl methyl sites for hydroxylation is 1. The van der Waals surface area contributed by atoms with Crippen LogP contribution in [-0.2, 0) is 6.61 Å². The van der Waals surface area contributed by atoms with Crippen LogP contribution in [0.15, 0.2) is 36.4 Å². The Morgan fingerprint density at radius 1 is 1.24 bits per heavy atom. The Kier molecular flexibility index (Phi) is 3.59. The summed E-state index contributed by atoms with van der Waals surface area (Å²) in [6.45, 7) is 1.89. The molecule has 0 atom stereocenters. The molecule has 1 heterocycles. The lowest BCUT2D eigenvalue weighted by Gasteiger charge is -2.08. The Bertz CT molecular complexity index is 531. The fraction of sp³-hybridized carbons (Fsp3) is 0.154. The summed E-state index contributed by atoms with van der Waals surface area (Å²) in [6.07, 6.45) is 0. The van der Waals surface area contributed by atoms with Crippen LogP contribution in [0.2, 0.25) is 5.15 Å². The maximum Gasteiger partial charge on any atom is 0.167 e. The first kappa shape index (κ1) is 11.9. The van der Waals surface area contributed by atoms with Gasteiger partial charge in [0.25, 0.3) is 0 Å². The average Bonchev–Trinajstić information content (AvgIpc) is 2.31. The predicted octanol–water partition coefficient (Wildman–Crippen LogP) is 3.76. The summed E-state index contributed by atoms with van der Waals surface area (Å²) in [4.78, 5) is 4.06. The fourth-order valence-corrected chi connectivity index (χ4v) is 1.60. The minimum atomic E-state index is -0.338. The van der Waals surface area contributed by atoms with Crippen molar-refractivity contribution < 1.29 is 9.13 Å². The van der Waals surface area contributed by atoms with E-state index >= 15 is 0 Å². The highest BCUT2D eigenvalue weighted by molar-refractivity contribution is 6.29. The van der Waals surface area contributed by atoms with E-state index in [9.17, 15) is 4.39 Å². The highest BCUT2D eigenvalue weighted by Crippen LogP contribution is 2.20. The van der Waals surface area contributed by atoms with Crippen molar-refractivity contribution >= 4 is 11.6 Å². The van der Waals surface area contributed by atoms with E-state index in [4.69, 9.17) is 16.3 Å². The van der Waals surface area contributed by atoms with E-state index in [0.29, 0.717) is 16.4 Å². The van der Waals surface area contributed by atoms with Crippen LogP contribution < -0.4 is 4.74 Å². The van der Waals surface area contributed by atoms with Crippen LogP contribution in [0.1, 0.15) is 11.3 Å². The molecular weight excluding hydrogens is 241 g/mol. The SMILES string of the molecule is Cc1cccc(OCc2cccc(Cl)n2)c1F. The molecule has 1 aromatic heterocycles. The zero-order valence-corrected chi connectivity index (χ0v) is 10.0. The normalized spacial score (nSPS) is 10.3. The second-order valence-electron chi connectivity index (χ2n) is 3.63. The average molecular weight is 252 g/mol. The molecule has 0 unspecified atom stereocenters. The first-order valence-corrected chi connectivity index (χ1v) is 5.54. The van der Waals surface area contributed by atoms with Gasteiger partial charge in [0.15, 0.2) is 11.6 Å². The molecule has 0 radical (unpaired) electrons. The molecule has 88 valence electrons. The molecule has 0 spiro atoms. The molecule has 0 saturated heterocycles. The Balaban J connectivity index is 2.10. The summed E-state index contributed by atoms with van der Waals surface area (Å²) in [5.74, 6) is -0.110. The number of hydrogen-bond acceptors (Lipinski definition) is 2. The highest BCUT2D eigenvalue weighted by atomic mass is 35.5. The monoisotopic (exact) mass is 251 g/mol. The Labute approximate surface area is 104 Å². The molecule has 17 heavy (non-hydrogen) atoms. The molecule has 0 amide bonds. The van der Waals surface area contributed by atoms with Gasteiger partial charge in [-0.1, -0.05) is 29.8 Å². The van der Waals surface area contributed by atoms with Crippen molar-refractivity contribution in [2.24, 2.45) is 0 Å². The summed E-state index contributed by atoms with van der Waals surface area (Å²) in [7, 11) is 0. The maximum atomic E-state index is 13.6. The number of rotatable bonds is 3. The fourth-order valence-electron chi connectivity index (χ4n) is 1.41. The molecule has 0 aliphatic carbocycles. The van der Waals surface area contributed by atoms with Gasteiger partial charge in [-0.2, -0.15) is 0 Å². The number of hydrogen-bond donors (Lipinski definition) is 0. The number of halogens is 2. The predicted molar refractivity (Wildman–Crippen MR) is 64.7 cm³/mol. The standard InChI is InChI=1S/C13H11ClFNO/c1-9-4-2-6-11(13(9)15)17-8-10-5-3-7-12(14)16-10/h2-7H,8H2,1H3. The lowest BCUT2D eigenvalue weighted by Crippen LogP contribution is -2.00. The molecule has 4 heteroatoms. The Hall–Kier alpha value is -1.61. The highest BCUT2D eigenvalue weighted by Gasteiger charge is 2.06. The molecule has 0 aliphatic rings. The van der Waals surface area contributed by atoms with E-state index in [-0.39, 0.29) is 18.2 Å². The van der Waals surface area contributed by atoms with Gasteiger partial charge in [0, 0.05) is 0 Å². The van der Waals surface area contributed by atoms with Crippen molar-refractivity contribution in [1.29, 1.82) is 0 Å². The van der Waals surface area contributed by atoms with E-state index in [1.807, 2.05) is 0 Å². The van der Waals surface area contributed by atoms with Gasteiger partial charge >= 0.3 is 0 Å². The molecule has 0 bridgehead atoms. The van der Waals surface area contributed by atoms with Crippen LogP contribution in [-0.4, -0.2) is 4.98 Å². The first-order valence-electron chi connectivity index (χ1n) is 5.16. The van der Waals surface area contributed by atoms with Crippen LogP contribution >= 0.6 is 11.6 Å². The van der Waals surface area contributed by atoms with E-state index in [1.165, 1.54) is 0 Å². The molecule has 0 aliphatic heterocycles. The molecule has 0 saturated carbocycles. The van der Waals surface area contributed by atoms with Gasteiger partial charge in [0.05, 0.1) is 5.69 Å². The molecule has 0 fully saturated rings. The van der Waals surface area contributed by atoms with Crippen molar-refractivity contribution in [2.45, 2.75) is 13.5 Å². The minimum Gasteiger partial charge on any atom is -0.484 e. The molecule has 2 nitrogen and oxygen atoms in total. The smallest absolute Gasteiger partial charge is 0.167 e. The van der Waals surface area contributed by atoms with Gasteiger partial charge in [0.2, 0.25) is 0 Å². The number of pyridine rings is 1. The second kappa shape index (κ2) is 5.15. The zero-order valence-electron chi connectivity index (χ0n) is 9.28. The minimum absolute atomic E-state index is 0.195. The summed E-state index contributed by atoms with van der Waals surface area (Å²) >= 11 is 5.74. The van der Waals surface area contributed by atoms with Crippen molar-refractivity contribution in [3.8, 4) is 5.75 Å². The van der Waals surface area contributed by atoms with E-state index in [2.05, 4.69) is 4.98 Å². The Morgan fingerprint density at radius 3 is 2.76 bits per heavy atom.